The van der Waals surface area contributed by atoms with Gasteiger partial charge in [-0.15, -0.1) is 0 Å². The summed E-state index contributed by atoms with van der Waals surface area (Å²) < 4.78 is 9.09. The van der Waals surface area contributed by atoms with E-state index in [1.54, 1.807) is 30.4 Å². The zero-order chi connectivity index (χ0) is 24.0. The third-order valence-electron chi connectivity index (χ3n) is 4.71. The highest BCUT2D eigenvalue weighted by Gasteiger charge is 2.30. The molecule has 0 amide bonds. The second-order valence-corrected chi connectivity index (χ2v) is 7.27. The highest BCUT2D eigenvalue weighted by molar-refractivity contribution is 6.13. The van der Waals surface area contributed by atoms with Gasteiger partial charge in [-0.3, -0.25) is 4.98 Å². The molecule has 3 heterocycles. The number of nitrogens with zero attached hydrogens (tertiary/aromatic N) is 6. The van der Waals surface area contributed by atoms with E-state index in [9.17, 15) is 5.11 Å². The van der Waals surface area contributed by atoms with Crippen molar-refractivity contribution in [1.29, 1.82) is 0 Å². The van der Waals surface area contributed by atoms with Gasteiger partial charge in [-0.05, 0) is 31.2 Å². The van der Waals surface area contributed by atoms with Crippen LogP contribution in [0.25, 0.3) is 5.70 Å². The minimum absolute atomic E-state index is 0.0165. The highest BCUT2D eigenvalue weighted by atomic mass is 16.5. The second-order valence-electron chi connectivity index (χ2n) is 7.27. The molecule has 172 valence electrons. The number of allylic oxidation sites excluding steroid dienone is 1. The number of carbonyl (C=O) groups is 1. The van der Waals surface area contributed by atoms with Crippen molar-refractivity contribution in [3.05, 3.63) is 66.4 Å². The van der Waals surface area contributed by atoms with E-state index in [4.69, 9.17) is 19.6 Å². The maximum Gasteiger partial charge on any atom is 0.255 e. The van der Waals surface area contributed by atoms with Gasteiger partial charge in [0.2, 0.25) is 5.70 Å². The van der Waals surface area contributed by atoms with Gasteiger partial charge in [-0.2, -0.15) is 9.67 Å². The summed E-state index contributed by atoms with van der Waals surface area (Å²) in [5.41, 5.74) is 4.50. The molecule has 10 nitrogen and oxygen atoms in total. The summed E-state index contributed by atoms with van der Waals surface area (Å²) in [5.74, 6) is 0.571. The Labute approximate surface area is 191 Å². The lowest BCUT2D eigenvalue weighted by Gasteiger charge is -2.15. The Morgan fingerprint density at radius 2 is 1.97 bits per heavy atom. The normalized spacial score (nSPS) is 13.1. The summed E-state index contributed by atoms with van der Waals surface area (Å²) in [4.78, 5) is 20.0. The quantitative estimate of drug-likeness (QED) is 0.540. The Morgan fingerprint density at radius 3 is 2.58 bits per heavy atom. The van der Waals surface area contributed by atoms with Gasteiger partial charge >= 0.3 is 0 Å². The fourth-order valence-electron chi connectivity index (χ4n) is 3.40. The molecular weight excluding hydrogens is 424 g/mol. The summed E-state index contributed by atoms with van der Waals surface area (Å²) in [6.07, 6.45) is 9.25. The first-order chi connectivity index (χ1) is 15.8. The largest absolute Gasteiger partial charge is 0.550 e. The number of carboxylic acid groups (broad SMARTS) is 1. The molecule has 33 heavy (non-hydrogen) atoms. The number of fused-ring (bicyclic) bond motifs is 1. The van der Waals surface area contributed by atoms with Crippen LogP contribution in [0, 0.1) is 0 Å². The SMILES string of the molecule is CC(=O)[O-].COc1ccc(C2=CC(=Nc3cnn(CCO)c3N(C)C)c3cncc[n+]32)cc1. The van der Waals surface area contributed by atoms with E-state index in [1.807, 2.05) is 55.5 Å². The zero-order valence-electron chi connectivity index (χ0n) is 19.0. The van der Waals surface area contributed by atoms with Crippen LogP contribution in [0.15, 0.2) is 60.1 Å². The van der Waals surface area contributed by atoms with E-state index in [1.165, 1.54) is 0 Å². The van der Waals surface area contributed by atoms with Gasteiger partial charge in [0, 0.05) is 31.7 Å². The van der Waals surface area contributed by atoms with E-state index >= 15 is 0 Å². The third-order valence-corrected chi connectivity index (χ3v) is 4.71. The molecule has 1 aliphatic rings. The van der Waals surface area contributed by atoms with E-state index < -0.39 is 5.97 Å². The number of anilines is 1. The Kier molecular flexibility index (Phi) is 7.52. The topological polar surface area (TPSA) is 120 Å². The highest BCUT2D eigenvalue weighted by Crippen LogP contribution is 2.29. The van der Waals surface area contributed by atoms with Gasteiger partial charge in [0.15, 0.2) is 12.0 Å². The first-order valence-corrected chi connectivity index (χ1v) is 10.2. The van der Waals surface area contributed by atoms with Gasteiger partial charge in [-0.1, -0.05) is 0 Å². The molecule has 0 aliphatic carbocycles. The standard InChI is InChI=1S/C21H23N6O2.C2H4O2/c1-25(2)21-18(13-23-27(21)10-11-28)24-17-12-19(26-9-8-22-14-20(17)26)15-4-6-16(29-3)7-5-15;1-2(3)4/h4-9,12-14,28H,10-11H2,1-3H3;1H3,(H,3,4)/q+1;/p-1. The molecule has 1 N–H and O–H groups in total. The van der Waals surface area contributed by atoms with Crippen molar-refractivity contribution in [3.63, 3.8) is 0 Å². The zero-order valence-corrected chi connectivity index (χ0v) is 19.0. The number of methoxy groups -OCH3 is 1. The van der Waals surface area contributed by atoms with Crippen molar-refractivity contribution < 1.29 is 24.3 Å². The van der Waals surface area contributed by atoms with Gasteiger partial charge in [0.05, 0.1) is 32.7 Å². The molecule has 10 heteroatoms. The van der Waals surface area contributed by atoms with Crippen LogP contribution in [0.5, 0.6) is 5.75 Å². The van der Waals surface area contributed by atoms with Crippen LogP contribution in [0.2, 0.25) is 0 Å². The molecule has 4 rings (SSSR count). The Bertz CT molecular complexity index is 1180. The van der Waals surface area contributed by atoms with Crippen LogP contribution in [0.4, 0.5) is 11.5 Å². The minimum atomic E-state index is -1.08. The molecule has 0 saturated heterocycles. The number of hydrogen-bond acceptors (Lipinski definition) is 8. The van der Waals surface area contributed by atoms with E-state index in [-0.39, 0.29) is 6.61 Å². The first-order valence-electron chi connectivity index (χ1n) is 10.2. The summed E-state index contributed by atoms with van der Waals surface area (Å²) in [7, 11) is 5.53. The average molecular weight is 450 g/mol. The number of carbonyl (C=O) groups excluding carboxylic acids is 1. The number of hydrogen-bond donors (Lipinski definition) is 1. The lowest BCUT2D eigenvalue weighted by atomic mass is 10.1. The number of aliphatic carboxylic acids is 1. The molecule has 0 spiro atoms. The first kappa shape index (κ1) is 23.6. The van der Waals surface area contributed by atoms with Crippen LogP contribution < -0.4 is 19.3 Å². The fourth-order valence-corrected chi connectivity index (χ4v) is 3.40. The van der Waals surface area contributed by atoms with Crippen LogP contribution in [-0.2, 0) is 11.3 Å². The molecule has 0 saturated carbocycles. The molecule has 0 fully saturated rings. The summed E-state index contributed by atoms with van der Waals surface area (Å²) in [5, 5.41) is 22.6. The maximum absolute atomic E-state index is 9.30. The molecule has 3 aromatic rings. The van der Waals surface area contributed by atoms with Crippen molar-refractivity contribution in [1.82, 2.24) is 14.8 Å². The molecule has 0 unspecified atom stereocenters. The number of aliphatic hydroxyl groups is 1. The summed E-state index contributed by atoms with van der Waals surface area (Å²) in [6.45, 7) is 1.40. The van der Waals surface area contributed by atoms with Gasteiger partial charge in [-0.25, -0.2) is 9.67 Å². The Hall–Kier alpha value is -4.05. The third kappa shape index (κ3) is 5.42. The van der Waals surface area contributed by atoms with E-state index in [2.05, 4.69) is 14.6 Å². The van der Waals surface area contributed by atoms with Gasteiger partial charge in [0.1, 0.15) is 23.3 Å². The summed E-state index contributed by atoms with van der Waals surface area (Å²) in [6, 6.07) is 7.93. The Morgan fingerprint density at radius 1 is 1.27 bits per heavy atom. The van der Waals surface area contributed by atoms with Crippen molar-refractivity contribution in [3.8, 4) is 5.75 Å². The smallest absolute Gasteiger partial charge is 0.255 e. The Balaban J connectivity index is 0.000000709. The van der Waals surface area contributed by atoms with E-state index in [0.717, 1.165) is 46.8 Å². The predicted molar refractivity (Wildman–Crippen MR) is 121 cm³/mol. The fraction of sp³-hybridized carbons (Fsp3) is 0.261. The average Bonchev–Trinajstić information content (AvgIpc) is 3.36. The molecular formula is C23H26N6O4. The lowest BCUT2D eigenvalue weighted by Crippen LogP contribution is -2.34. The number of aromatic nitrogens is 4. The molecule has 1 aliphatic heterocycles. The van der Waals surface area contributed by atoms with Gasteiger partial charge < -0.3 is 24.6 Å². The molecule has 0 radical (unpaired) electrons. The molecule has 2 aromatic heterocycles. The number of ether oxygens (including phenoxy) is 1. The van der Waals surface area contributed by atoms with Crippen LogP contribution in [0.1, 0.15) is 18.2 Å². The predicted octanol–water partition coefficient (Wildman–Crippen LogP) is 0.412. The number of aliphatic hydroxyl groups excluding tert-OH is 1. The van der Waals surface area contributed by atoms with Crippen LogP contribution in [0.3, 0.4) is 0 Å². The van der Waals surface area contributed by atoms with E-state index in [0.29, 0.717) is 6.54 Å². The van der Waals surface area contributed by atoms with Crippen LogP contribution >= 0.6 is 0 Å². The van der Waals surface area contributed by atoms with Crippen molar-refractivity contribution >= 4 is 28.9 Å². The molecule has 1 aromatic carbocycles. The number of benzene rings is 1. The second kappa shape index (κ2) is 10.5. The van der Waals surface area contributed by atoms with Crippen molar-refractivity contribution in [2.45, 2.75) is 13.5 Å². The monoisotopic (exact) mass is 450 g/mol. The summed E-state index contributed by atoms with van der Waals surface area (Å²) >= 11 is 0. The maximum atomic E-state index is 9.30. The van der Waals surface area contributed by atoms with Crippen molar-refractivity contribution in [2.75, 3.05) is 32.7 Å². The van der Waals surface area contributed by atoms with Gasteiger partial charge in [0.25, 0.3) is 5.69 Å². The van der Waals surface area contributed by atoms with Crippen molar-refractivity contribution in [2.24, 2.45) is 4.99 Å². The minimum Gasteiger partial charge on any atom is -0.550 e. The molecule has 0 atom stereocenters. The number of carboxylic acids is 1. The number of aliphatic imine (C=N–C) groups is 1. The van der Waals surface area contributed by atoms with Crippen LogP contribution in [-0.4, -0.2) is 59.4 Å². The number of rotatable bonds is 6. The molecule has 0 bridgehead atoms. The lowest BCUT2D eigenvalue weighted by molar-refractivity contribution is -0.578.